The van der Waals surface area contributed by atoms with Crippen molar-refractivity contribution in [1.29, 1.82) is 0 Å². The first kappa shape index (κ1) is 9.90. The van der Waals surface area contributed by atoms with Gasteiger partial charge in [0.05, 0.1) is 0 Å². The fourth-order valence-corrected chi connectivity index (χ4v) is 1.63. The highest BCUT2D eigenvalue weighted by Crippen LogP contribution is 2.08. The van der Waals surface area contributed by atoms with Gasteiger partial charge < -0.3 is 4.90 Å². The molecule has 0 saturated carbocycles. The topological polar surface area (TPSA) is 32.7 Å². The molecule has 2 rings (SSSR count). The van der Waals surface area contributed by atoms with E-state index in [1.54, 1.807) is 4.90 Å². The van der Waals surface area contributed by atoms with E-state index in [1.807, 2.05) is 37.4 Å². The summed E-state index contributed by atoms with van der Waals surface area (Å²) < 4.78 is 0. The van der Waals surface area contributed by atoms with E-state index in [0.717, 1.165) is 24.2 Å². The molecule has 0 aliphatic carbocycles. The third-order valence-corrected chi connectivity index (χ3v) is 2.62. The van der Waals surface area contributed by atoms with Gasteiger partial charge in [-0.05, 0) is 5.56 Å². The summed E-state index contributed by atoms with van der Waals surface area (Å²) in [6.07, 6.45) is 0.840. The highest BCUT2D eigenvalue weighted by molar-refractivity contribution is 6.02. The summed E-state index contributed by atoms with van der Waals surface area (Å²) in [6.45, 7) is 1.04. The second-order valence-electron chi connectivity index (χ2n) is 3.69. The van der Waals surface area contributed by atoms with Gasteiger partial charge in [0, 0.05) is 25.7 Å². The number of rotatable bonds is 1. The van der Waals surface area contributed by atoms with Crippen molar-refractivity contribution in [2.45, 2.75) is 6.42 Å². The maximum atomic E-state index is 11.4. The van der Waals surface area contributed by atoms with Crippen LogP contribution in [0.5, 0.6) is 0 Å². The molecule has 1 heterocycles. The molecule has 78 valence electrons. The monoisotopic (exact) mass is 202 g/mol. The molecule has 0 fully saturated rings. The average molecular weight is 202 g/mol. The van der Waals surface area contributed by atoms with Gasteiger partial charge >= 0.3 is 0 Å². The number of carbonyl (C=O) groups is 1. The van der Waals surface area contributed by atoms with E-state index < -0.39 is 0 Å². The predicted octanol–water partition coefficient (Wildman–Crippen LogP) is 1.34. The second-order valence-corrected chi connectivity index (χ2v) is 3.69. The zero-order valence-electron chi connectivity index (χ0n) is 8.81. The standard InChI is InChI=1S/C12H14N2O/c1-14-8-7-11(13-9-12(14)15)10-5-3-2-4-6-10/h2-6H,7-9H2,1H3. The van der Waals surface area contributed by atoms with Gasteiger partial charge in [-0.15, -0.1) is 0 Å². The Morgan fingerprint density at radius 2 is 2.00 bits per heavy atom. The van der Waals surface area contributed by atoms with Crippen LogP contribution in [-0.4, -0.2) is 36.7 Å². The second kappa shape index (κ2) is 4.26. The number of hydrogen-bond donors (Lipinski definition) is 0. The van der Waals surface area contributed by atoms with Crippen LogP contribution in [0.2, 0.25) is 0 Å². The maximum absolute atomic E-state index is 11.4. The Morgan fingerprint density at radius 1 is 1.27 bits per heavy atom. The van der Waals surface area contributed by atoms with Crippen LogP contribution in [0.15, 0.2) is 35.3 Å². The van der Waals surface area contributed by atoms with E-state index in [-0.39, 0.29) is 12.5 Å². The number of likely N-dealkylation sites (N-methyl/N-ethyl adjacent to an activating group) is 1. The van der Waals surface area contributed by atoms with Crippen molar-refractivity contribution < 1.29 is 4.79 Å². The van der Waals surface area contributed by atoms with Crippen LogP contribution in [0.1, 0.15) is 12.0 Å². The minimum absolute atomic E-state index is 0.0981. The van der Waals surface area contributed by atoms with Gasteiger partial charge in [-0.25, -0.2) is 0 Å². The molecule has 0 atom stereocenters. The number of hydrogen-bond acceptors (Lipinski definition) is 2. The number of nitrogens with zero attached hydrogens (tertiary/aromatic N) is 2. The van der Waals surface area contributed by atoms with Crippen LogP contribution in [0.3, 0.4) is 0 Å². The fraction of sp³-hybridized carbons (Fsp3) is 0.333. The first-order valence-corrected chi connectivity index (χ1v) is 5.10. The van der Waals surface area contributed by atoms with Gasteiger partial charge in [0.25, 0.3) is 0 Å². The smallest absolute Gasteiger partial charge is 0.243 e. The summed E-state index contributed by atoms with van der Waals surface area (Å²) in [6, 6.07) is 10.0. The summed E-state index contributed by atoms with van der Waals surface area (Å²) >= 11 is 0. The molecule has 0 spiro atoms. The van der Waals surface area contributed by atoms with Crippen LogP contribution in [0, 0.1) is 0 Å². The van der Waals surface area contributed by atoms with Crippen LogP contribution in [0.4, 0.5) is 0 Å². The van der Waals surface area contributed by atoms with Gasteiger partial charge in [-0.3, -0.25) is 9.79 Å². The number of amides is 1. The first-order valence-electron chi connectivity index (χ1n) is 5.10. The molecular formula is C12H14N2O. The van der Waals surface area contributed by atoms with Crippen LogP contribution >= 0.6 is 0 Å². The zero-order valence-corrected chi connectivity index (χ0v) is 8.81. The van der Waals surface area contributed by atoms with E-state index in [2.05, 4.69) is 4.99 Å². The first-order chi connectivity index (χ1) is 7.27. The normalized spacial score (nSPS) is 17.3. The van der Waals surface area contributed by atoms with Crippen LogP contribution in [0.25, 0.3) is 0 Å². The molecular weight excluding hydrogens is 188 g/mol. The Kier molecular flexibility index (Phi) is 2.81. The van der Waals surface area contributed by atoms with E-state index >= 15 is 0 Å². The average Bonchev–Trinajstić information content (AvgIpc) is 2.44. The van der Waals surface area contributed by atoms with Crippen molar-refractivity contribution in [3.63, 3.8) is 0 Å². The lowest BCUT2D eigenvalue weighted by Crippen LogP contribution is -2.28. The lowest BCUT2D eigenvalue weighted by atomic mass is 10.1. The van der Waals surface area contributed by atoms with Crippen molar-refractivity contribution in [1.82, 2.24) is 4.90 Å². The molecule has 0 unspecified atom stereocenters. The summed E-state index contributed by atoms with van der Waals surface area (Å²) in [7, 11) is 1.83. The van der Waals surface area contributed by atoms with E-state index in [9.17, 15) is 4.79 Å². The highest BCUT2D eigenvalue weighted by atomic mass is 16.2. The Balaban J connectivity index is 2.21. The molecule has 0 aromatic heterocycles. The molecule has 1 amide bonds. The van der Waals surface area contributed by atoms with Crippen LogP contribution < -0.4 is 0 Å². The van der Waals surface area contributed by atoms with Crippen molar-refractivity contribution in [3.8, 4) is 0 Å². The predicted molar refractivity (Wildman–Crippen MR) is 60.1 cm³/mol. The minimum Gasteiger partial charge on any atom is -0.344 e. The van der Waals surface area contributed by atoms with Crippen molar-refractivity contribution in [2.24, 2.45) is 4.99 Å². The molecule has 0 bridgehead atoms. The molecule has 0 radical (unpaired) electrons. The molecule has 0 saturated heterocycles. The molecule has 1 aromatic rings. The van der Waals surface area contributed by atoms with Gasteiger partial charge in [0.2, 0.25) is 5.91 Å². The van der Waals surface area contributed by atoms with Crippen molar-refractivity contribution in [2.75, 3.05) is 20.1 Å². The molecule has 1 aliphatic rings. The SMILES string of the molecule is CN1CCC(c2ccccc2)=NCC1=O. The Bertz CT molecular complexity index is 384. The fourth-order valence-electron chi connectivity index (χ4n) is 1.63. The van der Waals surface area contributed by atoms with E-state index in [0.29, 0.717) is 0 Å². The zero-order chi connectivity index (χ0) is 10.7. The van der Waals surface area contributed by atoms with Gasteiger partial charge in [-0.1, -0.05) is 30.3 Å². The van der Waals surface area contributed by atoms with Crippen molar-refractivity contribution >= 4 is 11.6 Å². The highest BCUT2D eigenvalue weighted by Gasteiger charge is 2.14. The third kappa shape index (κ3) is 2.24. The van der Waals surface area contributed by atoms with Crippen molar-refractivity contribution in [3.05, 3.63) is 35.9 Å². The molecule has 1 aromatic carbocycles. The molecule has 3 heteroatoms. The summed E-state index contributed by atoms with van der Waals surface area (Å²) in [5, 5.41) is 0. The Labute approximate surface area is 89.4 Å². The minimum atomic E-state index is 0.0981. The lowest BCUT2D eigenvalue weighted by molar-refractivity contribution is -0.128. The van der Waals surface area contributed by atoms with Gasteiger partial charge in [0.1, 0.15) is 6.54 Å². The third-order valence-electron chi connectivity index (χ3n) is 2.62. The Morgan fingerprint density at radius 3 is 2.73 bits per heavy atom. The molecule has 3 nitrogen and oxygen atoms in total. The summed E-state index contributed by atoms with van der Waals surface area (Å²) in [5.41, 5.74) is 2.16. The number of aliphatic imine (C=N–C) groups is 1. The molecule has 0 N–H and O–H groups in total. The van der Waals surface area contributed by atoms with Gasteiger partial charge in [-0.2, -0.15) is 0 Å². The molecule has 15 heavy (non-hydrogen) atoms. The summed E-state index contributed by atoms with van der Waals surface area (Å²) in [4.78, 5) is 17.5. The van der Waals surface area contributed by atoms with Gasteiger partial charge in [0.15, 0.2) is 0 Å². The van der Waals surface area contributed by atoms with E-state index in [1.165, 1.54) is 0 Å². The lowest BCUT2D eigenvalue weighted by Gasteiger charge is -2.12. The number of benzene rings is 1. The largest absolute Gasteiger partial charge is 0.344 e. The quantitative estimate of drug-likeness (QED) is 0.676. The summed E-state index contributed by atoms with van der Waals surface area (Å²) in [5.74, 6) is 0.0981. The van der Waals surface area contributed by atoms with E-state index in [4.69, 9.17) is 0 Å². The van der Waals surface area contributed by atoms with Crippen LogP contribution in [-0.2, 0) is 4.79 Å². The molecule has 1 aliphatic heterocycles. The Hall–Kier alpha value is -1.64. The maximum Gasteiger partial charge on any atom is 0.243 e. The number of carbonyl (C=O) groups excluding carboxylic acids is 1.